The number of hydrogen-bond acceptors (Lipinski definition) is 5. The fourth-order valence-corrected chi connectivity index (χ4v) is 2.68. The van der Waals surface area contributed by atoms with Crippen LogP contribution in [0.2, 0.25) is 0 Å². The average Bonchev–Trinajstić information content (AvgIpc) is 2.87. The first-order chi connectivity index (χ1) is 10.5. The molecule has 0 saturated carbocycles. The van der Waals surface area contributed by atoms with Gasteiger partial charge in [0.2, 0.25) is 11.0 Å². The van der Waals surface area contributed by atoms with Crippen molar-refractivity contribution in [2.75, 3.05) is 11.9 Å². The lowest BCUT2D eigenvalue weighted by Crippen LogP contribution is -2.15. The lowest BCUT2D eigenvalue weighted by Gasteiger charge is -2.05. The first-order valence-corrected chi connectivity index (χ1v) is 7.85. The minimum atomic E-state index is -0.321. The van der Waals surface area contributed by atoms with Crippen LogP contribution in [-0.2, 0) is 11.2 Å². The summed E-state index contributed by atoms with van der Waals surface area (Å²) in [4.78, 5) is 11.8. The Morgan fingerprint density at radius 2 is 2.05 bits per heavy atom. The smallest absolute Gasteiger partial charge is 0.229 e. The molecule has 7 heteroatoms. The molecule has 1 heterocycles. The molecule has 1 aromatic heterocycles. The molecule has 0 spiro atoms. The highest BCUT2D eigenvalue weighted by Crippen LogP contribution is 2.18. The molecule has 22 heavy (non-hydrogen) atoms. The topological polar surface area (TPSA) is 64.1 Å². The second-order valence-corrected chi connectivity index (χ2v) is 6.26. The van der Waals surface area contributed by atoms with E-state index < -0.39 is 0 Å². The zero-order valence-corrected chi connectivity index (χ0v) is 13.3. The molecule has 2 aromatic rings. The number of hydrogen-bond donors (Lipinski definition) is 1. The predicted octanol–water partition coefficient (Wildman–Crippen LogP) is 3.28. The molecule has 1 amide bonds. The Morgan fingerprint density at radius 3 is 2.73 bits per heavy atom. The summed E-state index contributed by atoms with van der Waals surface area (Å²) >= 11 is 1.38. The molecule has 0 saturated heterocycles. The first-order valence-electron chi connectivity index (χ1n) is 7.03. The van der Waals surface area contributed by atoms with Gasteiger partial charge in [0.15, 0.2) is 0 Å². The molecule has 5 nitrogen and oxygen atoms in total. The van der Waals surface area contributed by atoms with Gasteiger partial charge >= 0.3 is 0 Å². The van der Waals surface area contributed by atoms with Crippen molar-refractivity contribution in [1.82, 2.24) is 10.2 Å². The molecule has 0 unspecified atom stereocenters. The van der Waals surface area contributed by atoms with Gasteiger partial charge in [0, 0.05) is 6.42 Å². The van der Waals surface area contributed by atoms with Crippen LogP contribution in [-0.4, -0.2) is 22.7 Å². The molecular weight excluding hydrogens is 305 g/mol. The number of amides is 1. The molecule has 0 aliphatic heterocycles. The maximum absolute atomic E-state index is 12.7. The molecule has 0 atom stereocenters. The zero-order valence-electron chi connectivity index (χ0n) is 12.5. The monoisotopic (exact) mass is 323 g/mol. The Bertz CT molecular complexity index is 614. The number of nitrogens with zero attached hydrogens (tertiary/aromatic N) is 2. The van der Waals surface area contributed by atoms with Crippen LogP contribution < -0.4 is 10.1 Å². The zero-order chi connectivity index (χ0) is 15.9. The number of aromatic nitrogens is 2. The minimum absolute atomic E-state index is 0.186. The van der Waals surface area contributed by atoms with Gasteiger partial charge in [0.25, 0.3) is 0 Å². The highest BCUT2D eigenvalue weighted by molar-refractivity contribution is 7.15. The molecule has 0 aliphatic rings. The van der Waals surface area contributed by atoms with Gasteiger partial charge in [0.05, 0.1) is 13.0 Å². The first kappa shape index (κ1) is 16.4. The molecule has 2 rings (SSSR count). The summed E-state index contributed by atoms with van der Waals surface area (Å²) in [6, 6.07) is 5.67. The highest BCUT2D eigenvalue weighted by Gasteiger charge is 2.09. The van der Waals surface area contributed by atoms with E-state index in [4.69, 9.17) is 4.74 Å². The van der Waals surface area contributed by atoms with Crippen molar-refractivity contribution in [3.05, 3.63) is 35.1 Å². The van der Waals surface area contributed by atoms with Crippen molar-refractivity contribution in [2.24, 2.45) is 5.92 Å². The van der Waals surface area contributed by atoms with Gasteiger partial charge in [-0.1, -0.05) is 25.2 Å². The Morgan fingerprint density at radius 1 is 1.32 bits per heavy atom. The normalized spacial score (nSPS) is 10.7. The van der Waals surface area contributed by atoms with Gasteiger partial charge in [-0.05, 0) is 30.2 Å². The Kier molecular flexibility index (Phi) is 5.83. The Balaban J connectivity index is 1.73. The summed E-state index contributed by atoms with van der Waals surface area (Å²) in [6.07, 6.45) is 1.04. The number of nitrogens with one attached hydrogen (secondary N) is 1. The van der Waals surface area contributed by atoms with E-state index in [9.17, 15) is 9.18 Å². The lowest BCUT2D eigenvalue weighted by atomic mass is 10.1. The van der Waals surface area contributed by atoms with Crippen LogP contribution in [0.5, 0.6) is 5.75 Å². The van der Waals surface area contributed by atoms with Crippen molar-refractivity contribution in [3.63, 3.8) is 0 Å². The summed E-state index contributed by atoms with van der Waals surface area (Å²) in [7, 11) is 0. The van der Waals surface area contributed by atoms with Crippen molar-refractivity contribution >= 4 is 22.4 Å². The SMILES string of the molecule is CC(C)Cc1nnc(NC(=O)CCOc2ccc(F)cc2)s1. The highest BCUT2D eigenvalue weighted by atomic mass is 32.1. The third-order valence-electron chi connectivity index (χ3n) is 2.71. The fraction of sp³-hybridized carbons (Fsp3) is 0.400. The van der Waals surface area contributed by atoms with Crippen LogP contribution in [0.25, 0.3) is 0 Å². The molecule has 0 aliphatic carbocycles. The van der Waals surface area contributed by atoms with E-state index in [-0.39, 0.29) is 24.8 Å². The third kappa shape index (κ3) is 5.40. The lowest BCUT2D eigenvalue weighted by molar-refractivity contribution is -0.116. The number of benzene rings is 1. The fourth-order valence-electron chi connectivity index (χ4n) is 1.71. The molecule has 0 fully saturated rings. The standard InChI is InChI=1S/C15H18FN3O2S/c1-10(2)9-14-18-19-15(22-14)17-13(20)7-8-21-12-5-3-11(16)4-6-12/h3-6,10H,7-9H2,1-2H3,(H,17,19,20). The summed E-state index contributed by atoms with van der Waals surface area (Å²) in [5, 5.41) is 12.1. The average molecular weight is 323 g/mol. The van der Waals surface area contributed by atoms with Gasteiger partial charge in [-0.15, -0.1) is 10.2 Å². The van der Waals surface area contributed by atoms with Crippen LogP contribution in [0.3, 0.4) is 0 Å². The predicted molar refractivity (Wildman–Crippen MR) is 83.6 cm³/mol. The van der Waals surface area contributed by atoms with E-state index >= 15 is 0 Å². The largest absolute Gasteiger partial charge is 0.493 e. The molecule has 1 aromatic carbocycles. The number of anilines is 1. The maximum atomic E-state index is 12.7. The van der Waals surface area contributed by atoms with E-state index in [0.29, 0.717) is 16.8 Å². The molecule has 1 N–H and O–H groups in total. The number of carbonyl (C=O) groups is 1. The van der Waals surface area contributed by atoms with Crippen molar-refractivity contribution < 1.29 is 13.9 Å². The summed E-state index contributed by atoms with van der Waals surface area (Å²) in [6.45, 7) is 4.42. The summed E-state index contributed by atoms with van der Waals surface area (Å²) in [5.74, 6) is 0.526. The second kappa shape index (κ2) is 7.84. The van der Waals surface area contributed by atoms with Gasteiger partial charge in [-0.3, -0.25) is 4.79 Å². The van der Waals surface area contributed by atoms with Gasteiger partial charge in [-0.25, -0.2) is 4.39 Å². The van der Waals surface area contributed by atoms with Crippen LogP contribution in [0.15, 0.2) is 24.3 Å². The molecule has 118 valence electrons. The summed E-state index contributed by atoms with van der Waals surface area (Å²) in [5.41, 5.74) is 0. The van der Waals surface area contributed by atoms with E-state index in [1.165, 1.54) is 35.6 Å². The van der Waals surface area contributed by atoms with Crippen LogP contribution in [0.1, 0.15) is 25.3 Å². The van der Waals surface area contributed by atoms with E-state index in [1.54, 1.807) is 0 Å². The van der Waals surface area contributed by atoms with Crippen molar-refractivity contribution in [3.8, 4) is 5.75 Å². The van der Waals surface area contributed by atoms with Crippen LogP contribution in [0.4, 0.5) is 9.52 Å². The third-order valence-corrected chi connectivity index (χ3v) is 3.57. The number of halogens is 1. The number of carbonyl (C=O) groups excluding carboxylic acids is 1. The van der Waals surface area contributed by atoms with Gasteiger partial charge < -0.3 is 10.1 Å². The van der Waals surface area contributed by atoms with Crippen LogP contribution in [0, 0.1) is 11.7 Å². The number of ether oxygens (including phenoxy) is 1. The summed E-state index contributed by atoms with van der Waals surface area (Å²) < 4.78 is 18.1. The van der Waals surface area contributed by atoms with E-state index in [2.05, 4.69) is 29.4 Å². The minimum Gasteiger partial charge on any atom is -0.493 e. The van der Waals surface area contributed by atoms with Crippen molar-refractivity contribution in [1.29, 1.82) is 0 Å². The maximum Gasteiger partial charge on any atom is 0.229 e. The molecule has 0 bridgehead atoms. The molecule has 0 radical (unpaired) electrons. The van der Waals surface area contributed by atoms with Gasteiger partial charge in [-0.2, -0.15) is 0 Å². The van der Waals surface area contributed by atoms with Crippen molar-refractivity contribution in [2.45, 2.75) is 26.7 Å². The van der Waals surface area contributed by atoms with Crippen LogP contribution >= 0.6 is 11.3 Å². The van der Waals surface area contributed by atoms with E-state index in [1.807, 2.05) is 0 Å². The number of rotatable bonds is 7. The molecular formula is C15H18FN3O2S. The Hall–Kier alpha value is -2.02. The van der Waals surface area contributed by atoms with E-state index in [0.717, 1.165) is 11.4 Å². The Labute approximate surface area is 132 Å². The second-order valence-electron chi connectivity index (χ2n) is 5.20. The van der Waals surface area contributed by atoms with Gasteiger partial charge in [0.1, 0.15) is 16.6 Å². The quantitative estimate of drug-likeness (QED) is 0.849.